The van der Waals surface area contributed by atoms with E-state index in [0.29, 0.717) is 6.54 Å². The van der Waals surface area contributed by atoms with Gasteiger partial charge in [-0.15, -0.1) is 0 Å². The Morgan fingerprint density at radius 1 is 1.37 bits per heavy atom. The largest absolute Gasteiger partial charge is 0.496 e. The summed E-state index contributed by atoms with van der Waals surface area (Å²) in [7, 11) is 3.76. The van der Waals surface area contributed by atoms with E-state index in [1.165, 1.54) is 19.3 Å². The highest BCUT2D eigenvalue weighted by Crippen LogP contribution is 2.34. The zero-order valence-electron chi connectivity index (χ0n) is 12.2. The number of nitrogens with two attached hydrogens (primary N) is 1. The van der Waals surface area contributed by atoms with E-state index in [1.54, 1.807) is 7.11 Å². The first kappa shape index (κ1) is 16.3. The third-order valence-electron chi connectivity index (χ3n) is 3.44. The molecule has 0 amide bonds. The quantitative estimate of drug-likeness (QED) is 0.743. The molecular formula is C15H25ClN2O. The lowest BCUT2D eigenvalue weighted by molar-refractivity contribution is 0.239. The highest BCUT2D eigenvalue weighted by Gasteiger charge is 2.21. The van der Waals surface area contributed by atoms with E-state index in [0.717, 1.165) is 22.9 Å². The molecule has 0 aliphatic carbocycles. The van der Waals surface area contributed by atoms with Crippen LogP contribution in [0.4, 0.5) is 0 Å². The van der Waals surface area contributed by atoms with Crippen molar-refractivity contribution in [3.63, 3.8) is 0 Å². The fraction of sp³-hybridized carbons (Fsp3) is 0.600. The Bertz CT molecular complexity index is 384. The first-order chi connectivity index (χ1) is 9.15. The van der Waals surface area contributed by atoms with Gasteiger partial charge in [-0.25, -0.2) is 0 Å². The van der Waals surface area contributed by atoms with Gasteiger partial charge in [0.05, 0.1) is 13.2 Å². The van der Waals surface area contributed by atoms with Crippen LogP contribution in [0.2, 0.25) is 5.02 Å². The van der Waals surface area contributed by atoms with Gasteiger partial charge in [-0.1, -0.05) is 37.4 Å². The Balaban J connectivity index is 2.90. The van der Waals surface area contributed by atoms with Crippen molar-refractivity contribution in [3.8, 4) is 5.75 Å². The number of likely N-dealkylation sites (N-methyl/N-ethyl adjacent to an activating group) is 1. The van der Waals surface area contributed by atoms with Gasteiger partial charge in [-0.3, -0.25) is 4.90 Å². The lowest BCUT2D eigenvalue weighted by Crippen LogP contribution is -2.31. The molecule has 108 valence electrons. The lowest BCUT2D eigenvalue weighted by Gasteiger charge is -2.29. The Kier molecular flexibility index (Phi) is 7.21. The van der Waals surface area contributed by atoms with Gasteiger partial charge in [0, 0.05) is 17.1 Å². The van der Waals surface area contributed by atoms with Crippen LogP contribution in [0.15, 0.2) is 18.2 Å². The van der Waals surface area contributed by atoms with E-state index in [1.807, 2.05) is 18.2 Å². The summed E-state index contributed by atoms with van der Waals surface area (Å²) in [5, 5.41) is 0.720. The van der Waals surface area contributed by atoms with Crippen LogP contribution in [0.25, 0.3) is 0 Å². The summed E-state index contributed by atoms with van der Waals surface area (Å²) < 4.78 is 5.42. The number of ether oxygens (including phenoxy) is 1. The molecule has 0 spiro atoms. The standard InChI is InChI=1S/C15H25ClN2O/c1-4-5-6-10-18(2)13(11-17)15-12(16)8-7-9-14(15)19-3/h7-9,13H,4-6,10-11,17H2,1-3H3. The Labute approximate surface area is 121 Å². The van der Waals surface area contributed by atoms with Gasteiger partial charge in [0.15, 0.2) is 0 Å². The van der Waals surface area contributed by atoms with Gasteiger partial charge < -0.3 is 10.5 Å². The Hall–Kier alpha value is -0.770. The lowest BCUT2D eigenvalue weighted by atomic mass is 10.0. The summed E-state index contributed by atoms with van der Waals surface area (Å²) in [5.41, 5.74) is 6.94. The van der Waals surface area contributed by atoms with E-state index in [9.17, 15) is 0 Å². The number of methoxy groups -OCH3 is 1. The fourth-order valence-electron chi connectivity index (χ4n) is 2.30. The molecule has 1 atom stereocenters. The molecule has 1 aromatic rings. The van der Waals surface area contributed by atoms with Crippen LogP contribution in [0.5, 0.6) is 5.75 Å². The highest BCUT2D eigenvalue weighted by molar-refractivity contribution is 6.31. The minimum Gasteiger partial charge on any atom is -0.496 e. The third kappa shape index (κ3) is 4.37. The van der Waals surface area contributed by atoms with Crippen LogP contribution in [0.1, 0.15) is 37.8 Å². The second-order valence-electron chi connectivity index (χ2n) is 4.79. The summed E-state index contributed by atoms with van der Waals surface area (Å²) in [6.45, 7) is 3.75. The van der Waals surface area contributed by atoms with Crippen molar-refractivity contribution < 1.29 is 4.74 Å². The molecule has 1 rings (SSSR count). The van der Waals surface area contributed by atoms with Crippen LogP contribution in [0, 0.1) is 0 Å². The van der Waals surface area contributed by atoms with Gasteiger partial charge in [0.1, 0.15) is 5.75 Å². The Morgan fingerprint density at radius 2 is 2.11 bits per heavy atom. The van der Waals surface area contributed by atoms with Gasteiger partial charge >= 0.3 is 0 Å². The summed E-state index contributed by atoms with van der Waals surface area (Å²) >= 11 is 6.32. The molecule has 4 heteroatoms. The topological polar surface area (TPSA) is 38.5 Å². The maximum atomic E-state index is 6.32. The number of hydrogen-bond acceptors (Lipinski definition) is 3. The summed E-state index contributed by atoms with van der Waals surface area (Å²) in [6.07, 6.45) is 3.63. The second kappa shape index (κ2) is 8.41. The third-order valence-corrected chi connectivity index (χ3v) is 3.77. The number of rotatable bonds is 8. The van der Waals surface area contributed by atoms with Crippen molar-refractivity contribution in [2.75, 3.05) is 27.2 Å². The highest BCUT2D eigenvalue weighted by atomic mass is 35.5. The minimum absolute atomic E-state index is 0.0977. The van der Waals surface area contributed by atoms with E-state index in [2.05, 4.69) is 18.9 Å². The number of hydrogen-bond donors (Lipinski definition) is 1. The first-order valence-corrected chi connectivity index (χ1v) is 7.26. The van der Waals surface area contributed by atoms with Crippen LogP contribution in [0.3, 0.4) is 0 Å². The molecule has 0 heterocycles. The number of halogens is 1. The predicted octanol–water partition coefficient (Wildman–Crippen LogP) is 3.47. The molecule has 0 aliphatic rings. The normalized spacial score (nSPS) is 12.7. The molecule has 0 bridgehead atoms. The molecule has 0 aromatic heterocycles. The molecule has 0 saturated heterocycles. The number of nitrogens with zero attached hydrogens (tertiary/aromatic N) is 1. The van der Waals surface area contributed by atoms with E-state index < -0.39 is 0 Å². The monoisotopic (exact) mass is 284 g/mol. The van der Waals surface area contributed by atoms with Crippen LogP contribution in [-0.4, -0.2) is 32.1 Å². The molecule has 19 heavy (non-hydrogen) atoms. The van der Waals surface area contributed by atoms with Crippen molar-refractivity contribution in [2.24, 2.45) is 5.73 Å². The van der Waals surface area contributed by atoms with Crippen molar-refractivity contribution in [3.05, 3.63) is 28.8 Å². The molecule has 0 radical (unpaired) electrons. The van der Waals surface area contributed by atoms with Gasteiger partial charge in [0.25, 0.3) is 0 Å². The molecule has 3 nitrogen and oxygen atoms in total. The zero-order chi connectivity index (χ0) is 14.3. The van der Waals surface area contributed by atoms with E-state index >= 15 is 0 Å². The first-order valence-electron chi connectivity index (χ1n) is 6.88. The number of unbranched alkanes of at least 4 members (excludes halogenated alkanes) is 2. The molecule has 0 saturated carbocycles. The molecule has 0 fully saturated rings. The van der Waals surface area contributed by atoms with Crippen molar-refractivity contribution in [1.29, 1.82) is 0 Å². The van der Waals surface area contributed by atoms with Gasteiger partial charge in [-0.05, 0) is 32.1 Å². The molecule has 2 N–H and O–H groups in total. The predicted molar refractivity (Wildman–Crippen MR) is 82.0 cm³/mol. The SMILES string of the molecule is CCCCCN(C)C(CN)c1c(Cl)cccc1OC. The zero-order valence-corrected chi connectivity index (χ0v) is 12.9. The molecule has 0 aliphatic heterocycles. The minimum atomic E-state index is 0.0977. The molecular weight excluding hydrogens is 260 g/mol. The van der Waals surface area contributed by atoms with Crippen LogP contribution >= 0.6 is 11.6 Å². The summed E-state index contributed by atoms with van der Waals surface area (Å²) in [5.74, 6) is 0.810. The van der Waals surface area contributed by atoms with Crippen molar-refractivity contribution in [2.45, 2.75) is 32.2 Å². The van der Waals surface area contributed by atoms with Gasteiger partial charge in [0.2, 0.25) is 0 Å². The smallest absolute Gasteiger partial charge is 0.125 e. The maximum absolute atomic E-state index is 6.32. The number of benzene rings is 1. The Morgan fingerprint density at radius 3 is 2.68 bits per heavy atom. The average molecular weight is 285 g/mol. The fourth-order valence-corrected chi connectivity index (χ4v) is 2.60. The second-order valence-corrected chi connectivity index (χ2v) is 5.20. The molecule has 1 aromatic carbocycles. The van der Waals surface area contributed by atoms with E-state index in [-0.39, 0.29) is 6.04 Å². The molecule has 1 unspecified atom stereocenters. The average Bonchev–Trinajstić information content (AvgIpc) is 2.41. The van der Waals surface area contributed by atoms with Crippen molar-refractivity contribution >= 4 is 11.6 Å². The maximum Gasteiger partial charge on any atom is 0.125 e. The summed E-state index contributed by atoms with van der Waals surface area (Å²) in [6, 6.07) is 5.82. The van der Waals surface area contributed by atoms with E-state index in [4.69, 9.17) is 22.1 Å². The van der Waals surface area contributed by atoms with Crippen molar-refractivity contribution in [1.82, 2.24) is 4.90 Å². The summed E-state index contributed by atoms with van der Waals surface area (Å²) in [4.78, 5) is 2.26. The van der Waals surface area contributed by atoms with Crippen LogP contribution < -0.4 is 10.5 Å². The van der Waals surface area contributed by atoms with Gasteiger partial charge in [-0.2, -0.15) is 0 Å². The van der Waals surface area contributed by atoms with Crippen LogP contribution in [-0.2, 0) is 0 Å².